The van der Waals surface area contributed by atoms with Gasteiger partial charge in [0.15, 0.2) is 0 Å². The summed E-state index contributed by atoms with van der Waals surface area (Å²) in [6.45, 7) is 3.01. The van der Waals surface area contributed by atoms with E-state index in [1.165, 1.54) is 11.8 Å². The van der Waals surface area contributed by atoms with Gasteiger partial charge in [0.2, 0.25) is 11.1 Å². The lowest BCUT2D eigenvalue weighted by molar-refractivity contribution is 0.568. The first-order valence-electron chi connectivity index (χ1n) is 4.02. The summed E-state index contributed by atoms with van der Waals surface area (Å²) >= 11 is 1.51. The monoisotopic (exact) mass is 186 g/mol. The topological polar surface area (TPSA) is 56.7 Å². The highest BCUT2D eigenvalue weighted by Gasteiger charge is 2.03. The maximum absolute atomic E-state index is 5.63. The van der Waals surface area contributed by atoms with Crippen LogP contribution < -0.4 is 5.73 Å². The van der Waals surface area contributed by atoms with Crippen molar-refractivity contribution < 1.29 is 0 Å². The number of hydrogen-bond donors (Lipinski definition) is 1. The largest absolute Gasteiger partial charge is 0.368 e. The van der Waals surface area contributed by atoms with Gasteiger partial charge in [-0.3, -0.25) is 0 Å². The van der Waals surface area contributed by atoms with Crippen LogP contribution in [0.25, 0.3) is 0 Å². The fourth-order valence-corrected chi connectivity index (χ4v) is 1.26. The molecule has 0 spiro atoms. The van der Waals surface area contributed by atoms with Gasteiger partial charge in [0.25, 0.3) is 0 Å². The van der Waals surface area contributed by atoms with Gasteiger partial charge in [-0.2, -0.15) is 4.98 Å². The number of nitrogens with zero attached hydrogens (tertiary/aromatic N) is 3. The number of unbranched alkanes of at least 4 members (excludes halogenated alkanes) is 1. The average Bonchev–Trinajstić information content (AvgIpc) is 2.43. The number of aryl methyl sites for hydroxylation is 1. The summed E-state index contributed by atoms with van der Waals surface area (Å²) in [4.78, 5) is 4.07. The lowest BCUT2D eigenvalue weighted by Crippen LogP contribution is -2.04. The van der Waals surface area contributed by atoms with Crippen molar-refractivity contribution in [1.82, 2.24) is 14.8 Å². The van der Waals surface area contributed by atoms with Gasteiger partial charge in [-0.1, -0.05) is 25.1 Å². The van der Waals surface area contributed by atoms with E-state index in [1.807, 2.05) is 6.26 Å². The van der Waals surface area contributed by atoms with E-state index in [4.69, 9.17) is 5.73 Å². The van der Waals surface area contributed by atoms with Crippen LogP contribution in [0.5, 0.6) is 0 Å². The normalized spacial score (nSPS) is 10.5. The highest BCUT2D eigenvalue weighted by molar-refractivity contribution is 7.98. The van der Waals surface area contributed by atoms with E-state index in [1.54, 1.807) is 4.68 Å². The lowest BCUT2D eigenvalue weighted by atomic mass is 10.3. The molecule has 0 atom stereocenters. The van der Waals surface area contributed by atoms with Gasteiger partial charge >= 0.3 is 0 Å². The molecule has 0 saturated heterocycles. The SMILES string of the molecule is CCCCn1nc(SC)nc1N. The fraction of sp³-hybridized carbons (Fsp3) is 0.714. The molecule has 0 aliphatic rings. The Kier molecular flexibility index (Phi) is 3.40. The first kappa shape index (κ1) is 9.38. The second kappa shape index (κ2) is 4.35. The van der Waals surface area contributed by atoms with E-state index >= 15 is 0 Å². The van der Waals surface area contributed by atoms with Crippen molar-refractivity contribution >= 4 is 17.7 Å². The van der Waals surface area contributed by atoms with Crippen molar-refractivity contribution in [3.8, 4) is 0 Å². The minimum absolute atomic E-state index is 0.521. The molecule has 1 aromatic rings. The predicted octanol–water partition coefficient (Wildman–Crippen LogP) is 1.38. The molecule has 0 aliphatic heterocycles. The maximum atomic E-state index is 5.63. The van der Waals surface area contributed by atoms with Gasteiger partial charge in [0.05, 0.1) is 0 Å². The number of nitrogen functional groups attached to an aromatic ring is 1. The maximum Gasteiger partial charge on any atom is 0.219 e. The Morgan fingerprint density at radius 2 is 2.33 bits per heavy atom. The number of hydrogen-bond acceptors (Lipinski definition) is 4. The van der Waals surface area contributed by atoms with E-state index in [2.05, 4.69) is 17.0 Å². The van der Waals surface area contributed by atoms with Gasteiger partial charge < -0.3 is 5.73 Å². The van der Waals surface area contributed by atoms with Crippen LogP contribution in [-0.4, -0.2) is 21.0 Å². The molecule has 4 nitrogen and oxygen atoms in total. The molecule has 1 heterocycles. The zero-order valence-corrected chi connectivity index (χ0v) is 8.27. The Morgan fingerprint density at radius 1 is 1.58 bits per heavy atom. The lowest BCUT2D eigenvalue weighted by Gasteiger charge is -1.98. The summed E-state index contributed by atoms with van der Waals surface area (Å²) < 4.78 is 1.76. The molecule has 0 saturated carbocycles. The van der Waals surface area contributed by atoms with Crippen LogP contribution in [-0.2, 0) is 6.54 Å². The van der Waals surface area contributed by atoms with Crippen LogP contribution in [0.4, 0.5) is 5.95 Å². The minimum atomic E-state index is 0.521. The van der Waals surface area contributed by atoms with Crippen molar-refractivity contribution in [1.29, 1.82) is 0 Å². The van der Waals surface area contributed by atoms with Crippen LogP contribution in [0.15, 0.2) is 5.16 Å². The molecular formula is C7H14N4S. The predicted molar refractivity (Wildman–Crippen MR) is 51.1 cm³/mol. The Balaban J connectivity index is 2.64. The van der Waals surface area contributed by atoms with Gasteiger partial charge in [0, 0.05) is 6.54 Å². The zero-order chi connectivity index (χ0) is 8.97. The van der Waals surface area contributed by atoms with Gasteiger partial charge in [-0.05, 0) is 12.7 Å². The summed E-state index contributed by atoms with van der Waals surface area (Å²) in [7, 11) is 0. The van der Waals surface area contributed by atoms with Gasteiger partial charge in [0.1, 0.15) is 0 Å². The minimum Gasteiger partial charge on any atom is -0.368 e. The molecule has 0 bridgehead atoms. The summed E-state index contributed by atoms with van der Waals surface area (Å²) in [5.74, 6) is 0.521. The number of rotatable bonds is 4. The standard InChI is InChI=1S/C7H14N4S/c1-3-4-5-11-6(8)9-7(10-11)12-2/h3-5H2,1-2H3,(H2,8,9,10). The summed E-state index contributed by atoms with van der Waals surface area (Å²) in [5, 5.41) is 4.96. The Labute approximate surface area is 76.5 Å². The molecule has 0 aromatic carbocycles. The molecule has 12 heavy (non-hydrogen) atoms. The Hall–Kier alpha value is -0.710. The zero-order valence-electron chi connectivity index (χ0n) is 7.45. The average molecular weight is 186 g/mol. The molecule has 0 fully saturated rings. The first-order chi connectivity index (χ1) is 5.77. The molecule has 0 aliphatic carbocycles. The van der Waals surface area contributed by atoms with E-state index in [0.29, 0.717) is 5.95 Å². The van der Waals surface area contributed by atoms with E-state index < -0.39 is 0 Å². The molecule has 1 aromatic heterocycles. The summed E-state index contributed by atoms with van der Waals surface area (Å²) in [6, 6.07) is 0. The smallest absolute Gasteiger partial charge is 0.219 e. The van der Waals surface area contributed by atoms with Gasteiger partial charge in [-0.25, -0.2) is 4.68 Å². The van der Waals surface area contributed by atoms with E-state index in [-0.39, 0.29) is 0 Å². The molecule has 1 rings (SSSR count). The van der Waals surface area contributed by atoms with Crippen LogP contribution >= 0.6 is 11.8 Å². The Bertz CT molecular complexity index is 246. The van der Waals surface area contributed by atoms with E-state index in [9.17, 15) is 0 Å². The van der Waals surface area contributed by atoms with Crippen molar-refractivity contribution in [3.05, 3.63) is 0 Å². The third-order valence-electron chi connectivity index (χ3n) is 1.59. The molecular weight excluding hydrogens is 172 g/mol. The third kappa shape index (κ3) is 2.14. The van der Waals surface area contributed by atoms with Crippen molar-refractivity contribution in [2.45, 2.75) is 31.5 Å². The third-order valence-corrected chi connectivity index (χ3v) is 2.13. The number of nitrogens with two attached hydrogens (primary N) is 1. The molecule has 0 unspecified atom stereocenters. The molecule has 5 heteroatoms. The van der Waals surface area contributed by atoms with Crippen LogP contribution in [0.2, 0.25) is 0 Å². The summed E-state index contributed by atoms with van der Waals surface area (Å²) in [6.07, 6.45) is 4.19. The van der Waals surface area contributed by atoms with E-state index in [0.717, 1.165) is 24.5 Å². The quantitative estimate of drug-likeness (QED) is 0.722. The molecule has 0 radical (unpaired) electrons. The highest BCUT2D eigenvalue weighted by atomic mass is 32.2. The van der Waals surface area contributed by atoms with Crippen LogP contribution in [0.3, 0.4) is 0 Å². The van der Waals surface area contributed by atoms with Crippen molar-refractivity contribution in [3.63, 3.8) is 0 Å². The number of thioether (sulfide) groups is 1. The molecule has 68 valence electrons. The number of aromatic nitrogens is 3. The highest BCUT2D eigenvalue weighted by Crippen LogP contribution is 2.11. The second-order valence-electron chi connectivity index (χ2n) is 2.53. The fourth-order valence-electron chi connectivity index (χ4n) is 0.891. The number of anilines is 1. The summed E-state index contributed by atoms with van der Waals surface area (Å²) in [5.41, 5.74) is 5.63. The van der Waals surface area contributed by atoms with Crippen molar-refractivity contribution in [2.75, 3.05) is 12.0 Å². The van der Waals surface area contributed by atoms with Crippen LogP contribution in [0.1, 0.15) is 19.8 Å². The Morgan fingerprint density at radius 3 is 2.83 bits per heavy atom. The van der Waals surface area contributed by atoms with Gasteiger partial charge in [-0.15, -0.1) is 5.10 Å². The first-order valence-corrected chi connectivity index (χ1v) is 5.24. The molecule has 2 N–H and O–H groups in total. The second-order valence-corrected chi connectivity index (χ2v) is 3.31. The van der Waals surface area contributed by atoms with Crippen LogP contribution in [0, 0.1) is 0 Å². The molecule has 0 amide bonds. The van der Waals surface area contributed by atoms with Crippen molar-refractivity contribution in [2.24, 2.45) is 0 Å².